The molecule has 0 aliphatic rings. The van der Waals surface area contributed by atoms with Crippen molar-refractivity contribution >= 4 is 23.7 Å². The molecule has 0 radical (unpaired) electrons. The van der Waals surface area contributed by atoms with Crippen LogP contribution < -0.4 is 10.6 Å². The molecule has 6 heteroatoms. The molecule has 4 nitrogen and oxygen atoms in total. The Bertz CT molecular complexity index is 407. The summed E-state index contributed by atoms with van der Waals surface area (Å²) in [5.41, 5.74) is 0.906. The van der Waals surface area contributed by atoms with Crippen molar-refractivity contribution in [3.8, 4) is 0 Å². The highest BCUT2D eigenvalue weighted by Crippen LogP contribution is 2.20. The predicted molar refractivity (Wildman–Crippen MR) is 51.4 cm³/mol. The molecule has 0 saturated carbocycles. The van der Waals surface area contributed by atoms with E-state index >= 15 is 0 Å². The van der Waals surface area contributed by atoms with Crippen LogP contribution in [0.25, 0.3) is 0 Å². The van der Waals surface area contributed by atoms with E-state index in [1.165, 1.54) is 18.2 Å². The first-order chi connectivity index (χ1) is 6.99. The Hall–Kier alpha value is -1.98. The van der Waals surface area contributed by atoms with Gasteiger partial charge >= 0.3 is 12.3 Å². The van der Waals surface area contributed by atoms with Crippen molar-refractivity contribution in [2.45, 2.75) is 6.92 Å². The summed E-state index contributed by atoms with van der Waals surface area (Å²) in [4.78, 5) is 20.3. The Labute approximate surface area is 84.3 Å². The summed E-state index contributed by atoms with van der Waals surface area (Å²) in [6.07, 6.45) is -3.45. The van der Waals surface area contributed by atoms with E-state index in [9.17, 15) is 18.4 Å². The Morgan fingerprint density at radius 1 is 1.13 bits per heavy atom. The van der Waals surface area contributed by atoms with Crippen LogP contribution in [0.2, 0.25) is 0 Å². The van der Waals surface area contributed by atoms with Crippen LogP contribution in [0.1, 0.15) is 5.56 Å². The van der Waals surface area contributed by atoms with Gasteiger partial charge in [0.25, 0.3) is 0 Å². The van der Waals surface area contributed by atoms with E-state index in [2.05, 4.69) is 0 Å². The minimum absolute atomic E-state index is 0.136. The number of nitrogens with one attached hydrogen (secondary N) is 2. The summed E-state index contributed by atoms with van der Waals surface area (Å²) in [5, 5.41) is 3.77. The second-order valence-electron chi connectivity index (χ2n) is 2.83. The summed E-state index contributed by atoms with van der Waals surface area (Å²) in [7, 11) is 0. The quantitative estimate of drug-likeness (QED) is 0.587. The number of aryl methyl sites for hydroxylation is 1. The topological polar surface area (TPSA) is 58.2 Å². The zero-order chi connectivity index (χ0) is 11.4. The van der Waals surface area contributed by atoms with Gasteiger partial charge in [-0.3, -0.25) is 10.6 Å². The van der Waals surface area contributed by atoms with Gasteiger partial charge in [0.2, 0.25) is 0 Å². The normalized spacial score (nSPS) is 9.53. The molecule has 1 aromatic rings. The number of carbonyl (C=O) groups excluding carboxylic acids is 2. The molecule has 2 N–H and O–H groups in total. The van der Waals surface area contributed by atoms with Crippen molar-refractivity contribution in [1.82, 2.24) is 0 Å². The molecule has 0 aliphatic carbocycles. The van der Waals surface area contributed by atoms with Gasteiger partial charge < -0.3 is 0 Å². The lowest BCUT2D eigenvalue weighted by Crippen LogP contribution is -2.06. The number of hydrogen-bond donors (Lipinski definition) is 2. The maximum absolute atomic E-state index is 12.0. The number of anilines is 2. The van der Waals surface area contributed by atoms with Crippen molar-refractivity contribution in [3.05, 3.63) is 23.8 Å². The largest absolute Gasteiger partial charge is 0.401 e. The molecule has 0 heterocycles. The molecule has 0 atom stereocenters. The molecule has 0 unspecified atom stereocenters. The molecule has 2 amide bonds. The van der Waals surface area contributed by atoms with Crippen LogP contribution >= 0.6 is 0 Å². The van der Waals surface area contributed by atoms with E-state index < -0.39 is 12.3 Å². The Balaban J connectivity index is 2.94. The number of benzene rings is 1. The first-order valence-corrected chi connectivity index (χ1v) is 4.02. The molecule has 0 aliphatic heterocycles. The molecule has 0 spiro atoms. The molecule has 80 valence electrons. The molecule has 0 bridgehead atoms. The molecular weight excluding hydrogens is 206 g/mol. The van der Waals surface area contributed by atoms with Crippen LogP contribution in [0, 0.1) is 6.92 Å². The average molecular weight is 214 g/mol. The van der Waals surface area contributed by atoms with E-state index in [0.717, 1.165) is 0 Å². The Kier molecular flexibility index (Phi) is 3.33. The maximum Gasteiger partial charge on any atom is 0.401 e. The monoisotopic (exact) mass is 214 g/mol. The third-order valence-electron chi connectivity index (χ3n) is 1.71. The molecule has 1 rings (SSSR count). The molecular formula is C9H8F2N2O2. The highest BCUT2D eigenvalue weighted by Gasteiger charge is 2.05. The minimum Gasteiger partial charge on any atom is -0.298 e. The summed E-state index contributed by atoms with van der Waals surface area (Å²) >= 11 is 0. The molecule has 0 aromatic heterocycles. The van der Waals surface area contributed by atoms with Crippen molar-refractivity contribution in [1.29, 1.82) is 0 Å². The molecule has 15 heavy (non-hydrogen) atoms. The first-order valence-electron chi connectivity index (χ1n) is 4.02. The van der Waals surface area contributed by atoms with E-state index in [4.69, 9.17) is 0 Å². The van der Waals surface area contributed by atoms with E-state index in [1.807, 2.05) is 10.6 Å². The first kappa shape index (κ1) is 11.1. The summed E-state index contributed by atoms with van der Waals surface area (Å²) < 4.78 is 24.0. The summed E-state index contributed by atoms with van der Waals surface area (Å²) in [5.74, 6) is 0. The fourth-order valence-electron chi connectivity index (χ4n) is 1.05. The molecule has 1 aromatic carbocycles. The lowest BCUT2D eigenvalue weighted by atomic mass is 10.2. The van der Waals surface area contributed by atoms with Crippen LogP contribution in [0.3, 0.4) is 0 Å². The summed E-state index contributed by atoms with van der Waals surface area (Å²) in [6.45, 7) is 1.63. The second kappa shape index (κ2) is 4.50. The van der Waals surface area contributed by atoms with Gasteiger partial charge in [0.1, 0.15) is 0 Å². The number of halogens is 2. The van der Waals surface area contributed by atoms with E-state index in [1.54, 1.807) is 6.92 Å². The van der Waals surface area contributed by atoms with Crippen LogP contribution in [-0.2, 0) is 0 Å². The lowest BCUT2D eigenvalue weighted by Gasteiger charge is -2.07. The zero-order valence-electron chi connectivity index (χ0n) is 7.80. The van der Waals surface area contributed by atoms with Crippen LogP contribution in [0.5, 0.6) is 0 Å². The molecule has 0 saturated heterocycles. The summed E-state index contributed by atoms with van der Waals surface area (Å²) in [6, 6.07) is 4.20. The number of hydrogen-bond acceptors (Lipinski definition) is 2. The fraction of sp³-hybridized carbons (Fsp3) is 0.111. The van der Waals surface area contributed by atoms with Crippen LogP contribution in [0.4, 0.5) is 29.7 Å². The third-order valence-corrected chi connectivity index (χ3v) is 1.71. The fourth-order valence-corrected chi connectivity index (χ4v) is 1.05. The van der Waals surface area contributed by atoms with E-state index in [0.29, 0.717) is 5.56 Å². The van der Waals surface area contributed by atoms with Crippen molar-refractivity contribution in [3.63, 3.8) is 0 Å². The van der Waals surface area contributed by atoms with Crippen LogP contribution in [-0.4, -0.2) is 12.3 Å². The van der Waals surface area contributed by atoms with E-state index in [-0.39, 0.29) is 11.4 Å². The van der Waals surface area contributed by atoms with Crippen LogP contribution in [0.15, 0.2) is 18.2 Å². The van der Waals surface area contributed by atoms with Crippen molar-refractivity contribution < 1.29 is 18.4 Å². The van der Waals surface area contributed by atoms with Crippen molar-refractivity contribution in [2.75, 3.05) is 10.6 Å². The molecule has 0 fully saturated rings. The third kappa shape index (κ3) is 3.34. The highest BCUT2D eigenvalue weighted by atomic mass is 19.1. The zero-order valence-corrected chi connectivity index (χ0v) is 7.80. The van der Waals surface area contributed by atoms with Gasteiger partial charge in [-0.25, -0.2) is 9.59 Å². The predicted octanol–water partition coefficient (Wildman–Crippen LogP) is 3.00. The smallest absolute Gasteiger partial charge is 0.298 e. The average Bonchev–Trinajstić information content (AvgIpc) is 2.09. The van der Waals surface area contributed by atoms with Gasteiger partial charge in [-0.15, -0.1) is 8.78 Å². The Morgan fingerprint density at radius 3 is 2.27 bits per heavy atom. The minimum atomic E-state index is -1.73. The van der Waals surface area contributed by atoms with Gasteiger partial charge in [0.05, 0.1) is 0 Å². The number of rotatable bonds is 2. The Morgan fingerprint density at radius 2 is 1.73 bits per heavy atom. The van der Waals surface area contributed by atoms with Gasteiger partial charge in [0, 0.05) is 11.4 Å². The van der Waals surface area contributed by atoms with Gasteiger partial charge in [-0.1, -0.05) is 6.07 Å². The number of amides is 2. The van der Waals surface area contributed by atoms with Gasteiger partial charge in [-0.05, 0) is 24.6 Å². The SMILES string of the molecule is Cc1ccc(NC(=O)F)cc1NC(=O)F. The maximum atomic E-state index is 12.0. The highest BCUT2D eigenvalue weighted by molar-refractivity contribution is 5.88. The lowest BCUT2D eigenvalue weighted by molar-refractivity contribution is 0.234. The standard InChI is InChI=1S/C9H8F2N2O2/c1-5-2-3-6(12-8(10)14)4-7(5)13-9(11)15/h2-4H,1H3,(H,12,14)(H,13,15). The van der Waals surface area contributed by atoms with Gasteiger partial charge in [-0.2, -0.15) is 0 Å². The van der Waals surface area contributed by atoms with Crippen molar-refractivity contribution in [2.24, 2.45) is 0 Å². The second-order valence-corrected chi connectivity index (χ2v) is 2.83. The number of carbonyl (C=O) groups is 2. The van der Waals surface area contributed by atoms with Gasteiger partial charge in [0.15, 0.2) is 0 Å².